The molecule has 0 saturated heterocycles. The summed E-state index contributed by atoms with van der Waals surface area (Å²) in [5.74, 6) is -0.386. The predicted octanol–water partition coefficient (Wildman–Crippen LogP) is 2.55. The van der Waals surface area contributed by atoms with Crippen LogP contribution in [0.15, 0.2) is 45.9 Å². The second-order valence-corrected chi connectivity index (χ2v) is 6.48. The van der Waals surface area contributed by atoms with Gasteiger partial charge in [0.15, 0.2) is 0 Å². The molecule has 8 heteroatoms. The van der Waals surface area contributed by atoms with Crippen molar-refractivity contribution in [2.45, 2.75) is 6.42 Å². The normalized spacial score (nSPS) is 10.2. The fraction of sp³-hybridized carbons (Fsp3) is 0.200. The topological polar surface area (TPSA) is 84.0 Å². The number of nitrogens with one attached hydrogen (secondary N) is 2. The van der Waals surface area contributed by atoms with Gasteiger partial charge in [0.05, 0.1) is 11.1 Å². The maximum absolute atomic E-state index is 11.9. The molecule has 0 fully saturated rings. The van der Waals surface area contributed by atoms with Gasteiger partial charge < -0.3 is 10.6 Å². The highest BCUT2D eigenvalue weighted by molar-refractivity contribution is 9.10. The van der Waals surface area contributed by atoms with Crippen molar-refractivity contribution < 1.29 is 9.59 Å². The van der Waals surface area contributed by atoms with E-state index in [1.54, 1.807) is 24.5 Å². The van der Waals surface area contributed by atoms with Gasteiger partial charge in [0, 0.05) is 46.8 Å². The average molecular weight is 442 g/mol. The lowest BCUT2D eigenvalue weighted by Gasteiger charge is -2.07. The number of rotatable bonds is 6. The molecule has 0 unspecified atom stereocenters. The minimum absolute atomic E-state index is 0.193. The van der Waals surface area contributed by atoms with Gasteiger partial charge in [-0.25, -0.2) is 0 Å². The lowest BCUT2D eigenvalue weighted by molar-refractivity contribution is 0.0951. The van der Waals surface area contributed by atoms with Crippen LogP contribution in [0, 0.1) is 0 Å². The van der Waals surface area contributed by atoms with E-state index in [2.05, 4.69) is 52.5 Å². The van der Waals surface area contributed by atoms with E-state index in [0.717, 1.165) is 8.95 Å². The summed E-state index contributed by atoms with van der Waals surface area (Å²) in [6, 6.07) is 3.40. The molecule has 0 aliphatic carbocycles. The number of amides is 2. The molecule has 2 heterocycles. The van der Waals surface area contributed by atoms with E-state index in [1.165, 1.54) is 12.4 Å². The molecule has 2 rings (SSSR count). The monoisotopic (exact) mass is 440 g/mol. The Balaban J connectivity index is 1.69. The third-order valence-electron chi connectivity index (χ3n) is 2.86. The van der Waals surface area contributed by atoms with Gasteiger partial charge in [0.1, 0.15) is 0 Å². The van der Waals surface area contributed by atoms with Gasteiger partial charge in [-0.1, -0.05) is 0 Å². The quantitative estimate of drug-likeness (QED) is 0.674. The van der Waals surface area contributed by atoms with Crippen molar-refractivity contribution in [1.82, 2.24) is 20.6 Å². The van der Waals surface area contributed by atoms with Crippen LogP contribution in [0.4, 0.5) is 0 Å². The highest BCUT2D eigenvalue weighted by Gasteiger charge is 2.07. The number of hydrogen-bond acceptors (Lipinski definition) is 4. The Hall–Kier alpha value is -1.80. The summed E-state index contributed by atoms with van der Waals surface area (Å²) in [6.07, 6.45) is 6.86. The van der Waals surface area contributed by atoms with E-state index < -0.39 is 0 Å². The minimum Gasteiger partial charge on any atom is -0.352 e. The average Bonchev–Trinajstić information content (AvgIpc) is 2.54. The van der Waals surface area contributed by atoms with Crippen molar-refractivity contribution in [3.8, 4) is 0 Å². The largest absolute Gasteiger partial charge is 0.352 e. The summed E-state index contributed by atoms with van der Waals surface area (Å²) in [7, 11) is 0. The Morgan fingerprint density at radius 1 is 0.826 bits per heavy atom. The second-order valence-electron chi connectivity index (χ2n) is 4.65. The van der Waals surface area contributed by atoms with Crippen LogP contribution in [0.5, 0.6) is 0 Å². The van der Waals surface area contributed by atoms with Gasteiger partial charge in [-0.05, 0) is 50.4 Å². The highest BCUT2D eigenvalue weighted by atomic mass is 79.9. The molecule has 23 heavy (non-hydrogen) atoms. The first kappa shape index (κ1) is 17.6. The van der Waals surface area contributed by atoms with E-state index in [1.807, 2.05) is 0 Å². The molecule has 0 aliphatic heterocycles. The first-order valence-electron chi connectivity index (χ1n) is 6.84. The first-order chi connectivity index (χ1) is 11.1. The number of aromatic nitrogens is 2. The predicted molar refractivity (Wildman–Crippen MR) is 93.2 cm³/mol. The van der Waals surface area contributed by atoms with Crippen molar-refractivity contribution in [3.05, 3.63) is 57.0 Å². The summed E-state index contributed by atoms with van der Waals surface area (Å²) in [5.41, 5.74) is 0.979. The number of pyridine rings is 2. The summed E-state index contributed by atoms with van der Waals surface area (Å²) in [4.78, 5) is 31.6. The Morgan fingerprint density at radius 3 is 1.65 bits per heavy atom. The Kier molecular flexibility index (Phi) is 6.66. The third kappa shape index (κ3) is 5.72. The molecule has 0 atom stereocenters. The number of carbonyl (C=O) groups is 2. The zero-order valence-electron chi connectivity index (χ0n) is 12.1. The zero-order chi connectivity index (χ0) is 16.7. The Labute approximate surface area is 150 Å². The van der Waals surface area contributed by atoms with E-state index in [4.69, 9.17) is 0 Å². The van der Waals surface area contributed by atoms with Crippen LogP contribution in [0.1, 0.15) is 27.1 Å². The van der Waals surface area contributed by atoms with Gasteiger partial charge in [-0.15, -0.1) is 0 Å². The molecule has 2 aromatic heterocycles. The number of nitrogens with zero attached hydrogens (tertiary/aromatic N) is 2. The van der Waals surface area contributed by atoms with Crippen LogP contribution in [0.25, 0.3) is 0 Å². The van der Waals surface area contributed by atoms with Crippen molar-refractivity contribution in [2.24, 2.45) is 0 Å². The molecule has 6 nitrogen and oxygen atoms in total. The van der Waals surface area contributed by atoms with E-state index in [-0.39, 0.29) is 11.8 Å². The standard InChI is InChI=1S/C15H14Br2N4O2/c16-12-4-10(6-18-8-12)14(22)20-2-1-3-21-15(23)11-5-13(17)9-19-7-11/h4-9H,1-3H2,(H,20,22)(H,21,23). The van der Waals surface area contributed by atoms with Crippen LogP contribution in [-0.2, 0) is 0 Å². The zero-order valence-corrected chi connectivity index (χ0v) is 15.2. The van der Waals surface area contributed by atoms with Gasteiger partial charge in [0.25, 0.3) is 11.8 Å². The molecule has 120 valence electrons. The molecule has 0 spiro atoms. The summed E-state index contributed by atoms with van der Waals surface area (Å²) < 4.78 is 1.50. The van der Waals surface area contributed by atoms with Crippen molar-refractivity contribution in [2.75, 3.05) is 13.1 Å². The molecule has 0 bridgehead atoms. The smallest absolute Gasteiger partial charge is 0.252 e. The van der Waals surface area contributed by atoms with E-state index in [0.29, 0.717) is 30.6 Å². The Morgan fingerprint density at radius 2 is 1.26 bits per heavy atom. The molecule has 0 aromatic carbocycles. The highest BCUT2D eigenvalue weighted by Crippen LogP contribution is 2.10. The van der Waals surface area contributed by atoms with Crippen molar-refractivity contribution in [1.29, 1.82) is 0 Å². The van der Waals surface area contributed by atoms with Crippen LogP contribution in [-0.4, -0.2) is 34.9 Å². The van der Waals surface area contributed by atoms with Crippen molar-refractivity contribution in [3.63, 3.8) is 0 Å². The number of carbonyl (C=O) groups excluding carboxylic acids is 2. The summed E-state index contributed by atoms with van der Waals surface area (Å²) >= 11 is 6.54. The molecule has 0 saturated carbocycles. The van der Waals surface area contributed by atoms with Crippen LogP contribution >= 0.6 is 31.9 Å². The van der Waals surface area contributed by atoms with Gasteiger partial charge in [-0.3, -0.25) is 19.6 Å². The van der Waals surface area contributed by atoms with Crippen LogP contribution < -0.4 is 10.6 Å². The second kappa shape index (κ2) is 8.73. The van der Waals surface area contributed by atoms with Crippen molar-refractivity contribution >= 4 is 43.7 Å². The number of hydrogen-bond donors (Lipinski definition) is 2. The molecule has 2 N–H and O–H groups in total. The fourth-order valence-electron chi connectivity index (χ4n) is 1.77. The first-order valence-corrected chi connectivity index (χ1v) is 8.42. The molecule has 0 aliphatic rings. The maximum atomic E-state index is 11.9. The lowest BCUT2D eigenvalue weighted by atomic mass is 10.2. The third-order valence-corrected chi connectivity index (χ3v) is 3.73. The maximum Gasteiger partial charge on any atom is 0.252 e. The minimum atomic E-state index is -0.193. The van der Waals surface area contributed by atoms with Gasteiger partial charge in [-0.2, -0.15) is 0 Å². The molecule has 2 aromatic rings. The lowest BCUT2D eigenvalue weighted by Crippen LogP contribution is -2.30. The van der Waals surface area contributed by atoms with E-state index >= 15 is 0 Å². The van der Waals surface area contributed by atoms with Gasteiger partial charge >= 0.3 is 0 Å². The van der Waals surface area contributed by atoms with Crippen LogP contribution in [0.3, 0.4) is 0 Å². The van der Waals surface area contributed by atoms with E-state index in [9.17, 15) is 9.59 Å². The van der Waals surface area contributed by atoms with Gasteiger partial charge in [0.2, 0.25) is 0 Å². The SMILES string of the molecule is O=C(NCCCNC(=O)c1cncc(Br)c1)c1cncc(Br)c1. The molecule has 2 amide bonds. The summed E-state index contributed by atoms with van der Waals surface area (Å²) in [6.45, 7) is 0.921. The number of halogens is 2. The molecule has 0 radical (unpaired) electrons. The molecular weight excluding hydrogens is 428 g/mol. The molecular formula is C15H14Br2N4O2. The van der Waals surface area contributed by atoms with Crippen LogP contribution in [0.2, 0.25) is 0 Å². The fourth-order valence-corrected chi connectivity index (χ4v) is 2.50. The Bertz CT molecular complexity index is 650. The summed E-state index contributed by atoms with van der Waals surface area (Å²) in [5, 5.41) is 5.56.